The highest BCUT2D eigenvalue weighted by Crippen LogP contribution is 2.16. The van der Waals surface area contributed by atoms with Crippen LogP contribution in [0, 0.1) is 19.7 Å². The third kappa shape index (κ3) is 5.74. The summed E-state index contributed by atoms with van der Waals surface area (Å²) in [4.78, 5) is 27.3. The minimum atomic E-state index is -0.745. The number of halogens is 1. The first kappa shape index (κ1) is 17.4. The van der Waals surface area contributed by atoms with Gasteiger partial charge in [0.25, 0.3) is 5.56 Å². The van der Waals surface area contributed by atoms with E-state index in [0.717, 1.165) is 0 Å². The van der Waals surface area contributed by atoms with Crippen LogP contribution in [0.15, 0.2) is 29.1 Å². The van der Waals surface area contributed by atoms with Gasteiger partial charge in [-0.3, -0.25) is 14.6 Å². The van der Waals surface area contributed by atoms with Crippen LogP contribution in [0.4, 0.5) is 16.0 Å². The number of rotatable bonds is 3. The summed E-state index contributed by atoms with van der Waals surface area (Å²) in [7, 11) is 0. The number of H-pyrrole nitrogens is 1. The Hall–Kier alpha value is -2.70. The predicted molar refractivity (Wildman–Crippen MR) is 81.9 cm³/mol. The lowest BCUT2D eigenvalue weighted by atomic mass is 10.2. The zero-order chi connectivity index (χ0) is 16.7. The predicted octanol–water partition coefficient (Wildman–Crippen LogP) is 2.75. The lowest BCUT2D eigenvalue weighted by Crippen LogP contribution is -2.10. The van der Waals surface area contributed by atoms with E-state index in [0.29, 0.717) is 22.9 Å². The Balaban J connectivity index is 0.000000422. The Bertz CT molecular complexity index is 713. The van der Waals surface area contributed by atoms with Crippen molar-refractivity contribution in [3.63, 3.8) is 0 Å². The van der Waals surface area contributed by atoms with Gasteiger partial charge in [-0.25, -0.2) is 9.37 Å². The molecule has 3 N–H and O–H groups in total. The van der Waals surface area contributed by atoms with E-state index in [-0.39, 0.29) is 17.8 Å². The molecule has 0 amide bonds. The summed E-state index contributed by atoms with van der Waals surface area (Å²) in [6, 6.07) is 6.01. The number of hydrogen-bond donors (Lipinski definition) is 3. The average molecular weight is 307 g/mol. The number of carboxylic acids is 1. The first-order valence-electron chi connectivity index (χ1n) is 6.64. The molecule has 22 heavy (non-hydrogen) atoms. The molecule has 0 spiro atoms. The lowest BCUT2D eigenvalue weighted by molar-refractivity contribution is -0.136. The molecule has 0 aliphatic carbocycles. The minimum Gasteiger partial charge on any atom is -0.481 e. The number of hydrogen-bond acceptors (Lipinski definition) is 4. The topological polar surface area (TPSA) is 95.1 Å². The number of aromatic amines is 1. The summed E-state index contributed by atoms with van der Waals surface area (Å²) in [6.07, 6.45) is 0.222. The van der Waals surface area contributed by atoms with Crippen LogP contribution in [-0.4, -0.2) is 21.0 Å². The Kier molecular flexibility index (Phi) is 6.25. The average Bonchev–Trinajstić information content (AvgIpc) is 2.42. The third-order valence-electron chi connectivity index (χ3n) is 2.59. The largest absolute Gasteiger partial charge is 0.481 e. The lowest BCUT2D eigenvalue weighted by Gasteiger charge is -2.06. The quantitative estimate of drug-likeness (QED) is 0.810. The first-order chi connectivity index (χ1) is 10.3. The fraction of sp³-hybridized carbons (Fsp3) is 0.267. The van der Waals surface area contributed by atoms with E-state index in [1.807, 2.05) is 0 Å². The SMILES string of the molecule is CCC(=O)O.Cc1cc(=O)[nH]c(Nc2ccc(F)c(C)c2)n1. The van der Waals surface area contributed by atoms with Crippen molar-refractivity contribution in [2.24, 2.45) is 0 Å². The molecular formula is C15H18FN3O3. The number of nitrogens with one attached hydrogen (secondary N) is 2. The van der Waals surface area contributed by atoms with Crippen LogP contribution in [0.2, 0.25) is 0 Å². The number of aliphatic carboxylic acids is 1. The van der Waals surface area contributed by atoms with E-state index in [1.54, 1.807) is 32.9 Å². The van der Waals surface area contributed by atoms with E-state index in [1.165, 1.54) is 12.1 Å². The monoisotopic (exact) mass is 307 g/mol. The second-order valence-electron chi connectivity index (χ2n) is 4.57. The number of aromatic nitrogens is 2. The molecule has 0 saturated carbocycles. The number of carbonyl (C=O) groups is 1. The summed E-state index contributed by atoms with van der Waals surface area (Å²) >= 11 is 0. The van der Waals surface area contributed by atoms with Gasteiger partial charge in [0.05, 0.1) is 0 Å². The normalized spacial score (nSPS) is 9.64. The number of anilines is 2. The highest BCUT2D eigenvalue weighted by atomic mass is 19.1. The van der Waals surface area contributed by atoms with Gasteiger partial charge in [0.15, 0.2) is 0 Å². The molecule has 1 heterocycles. The molecule has 0 aliphatic heterocycles. The molecule has 0 bridgehead atoms. The van der Waals surface area contributed by atoms with Gasteiger partial charge in [0, 0.05) is 23.9 Å². The molecule has 6 nitrogen and oxygen atoms in total. The number of carboxylic acid groups (broad SMARTS) is 1. The van der Waals surface area contributed by atoms with Crippen LogP contribution in [0.1, 0.15) is 24.6 Å². The van der Waals surface area contributed by atoms with Crippen LogP contribution < -0.4 is 10.9 Å². The van der Waals surface area contributed by atoms with Crippen molar-refractivity contribution < 1.29 is 14.3 Å². The highest BCUT2D eigenvalue weighted by molar-refractivity contribution is 5.66. The summed E-state index contributed by atoms with van der Waals surface area (Å²) in [6.45, 7) is 5.01. The Morgan fingerprint density at radius 2 is 2.00 bits per heavy atom. The molecule has 2 aromatic rings. The Morgan fingerprint density at radius 3 is 2.50 bits per heavy atom. The smallest absolute Gasteiger partial charge is 0.303 e. The van der Waals surface area contributed by atoms with E-state index in [9.17, 15) is 14.0 Å². The Morgan fingerprint density at radius 1 is 1.36 bits per heavy atom. The van der Waals surface area contributed by atoms with Gasteiger partial charge in [-0.1, -0.05) is 6.92 Å². The molecule has 1 aromatic carbocycles. The fourth-order valence-corrected chi connectivity index (χ4v) is 1.50. The van der Waals surface area contributed by atoms with Gasteiger partial charge >= 0.3 is 5.97 Å². The minimum absolute atomic E-state index is 0.222. The molecule has 0 fully saturated rings. The standard InChI is InChI=1S/C12H12FN3O.C3H6O2/c1-7-5-9(3-4-10(7)13)15-12-14-8(2)6-11(17)16-12;1-2-3(4)5/h3-6H,1-2H3,(H2,14,15,16,17);2H2,1H3,(H,4,5). The number of benzene rings is 1. The molecule has 0 unspecified atom stereocenters. The van der Waals surface area contributed by atoms with E-state index in [2.05, 4.69) is 15.3 Å². The second kappa shape index (κ2) is 7.92. The molecule has 0 radical (unpaired) electrons. The van der Waals surface area contributed by atoms with Gasteiger partial charge in [0.2, 0.25) is 5.95 Å². The van der Waals surface area contributed by atoms with Crippen molar-refractivity contribution in [2.75, 3.05) is 5.32 Å². The van der Waals surface area contributed by atoms with Crippen LogP contribution in [0.5, 0.6) is 0 Å². The molecule has 0 atom stereocenters. The molecule has 7 heteroatoms. The molecule has 1 aromatic heterocycles. The zero-order valence-electron chi connectivity index (χ0n) is 12.6. The van der Waals surface area contributed by atoms with Gasteiger partial charge in [0.1, 0.15) is 5.82 Å². The van der Waals surface area contributed by atoms with Crippen molar-refractivity contribution in [1.29, 1.82) is 0 Å². The maximum Gasteiger partial charge on any atom is 0.303 e. The van der Waals surface area contributed by atoms with Crippen LogP contribution in [-0.2, 0) is 4.79 Å². The summed E-state index contributed by atoms with van der Waals surface area (Å²) in [5, 5.41) is 10.6. The van der Waals surface area contributed by atoms with E-state index in [4.69, 9.17) is 5.11 Å². The maximum atomic E-state index is 13.1. The maximum absolute atomic E-state index is 13.1. The van der Waals surface area contributed by atoms with Gasteiger partial charge in [-0.15, -0.1) is 0 Å². The van der Waals surface area contributed by atoms with E-state index < -0.39 is 5.97 Å². The van der Waals surface area contributed by atoms with Crippen LogP contribution in [0.3, 0.4) is 0 Å². The summed E-state index contributed by atoms with van der Waals surface area (Å²) in [5.74, 6) is -0.660. The first-order valence-corrected chi connectivity index (χ1v) is 6.64. The van der Waals surface area contributed by atoms with Crippen LogP contribution in [0.25, 0.3) is 0 Å². The molecule has 2 rings (SSSR count). The molecular weight excluding hydrogens is 289 g/mol. The number of aryl methyl sites for hydroxylation is 2. The molecule has 0 aliphatic rings. The van der Waals surface area contributed by atoms with Gasteiger partial charge in [-0.05, 0) is 37.6 Å². The van der Waals surface area contributed by atoms with Crippen molar-refractivity contribution in [2.45, 2.75) is 27.2 Å². The van der Waals surface area contributed by atoms with E-state index >= 15 is 0 Å². The molecule has 118 valence electrons. The van der Waals surface area contributed by atoms with Gasteiger partial charge < -0.3 is 10.4 Å². The Labute approximate surface area is 127 Å². The number of nitrogens with zero attached hydrogens (tertiary/aromatic N) is 1. The van der Waals surface area contributed by atoms with Crippen molar-refractivity contribution in [3.05, 3.63) is 51.7 Å². The van der Waals surface area contributed by atoms with Gasteiger partial charge in [-0.2, -0.15) is 0 Å². The zero-order valence-corrected chi connectivity index (χ0v) is 12.6. The fourth-order valence-electron chi connectivity index (χ4n) is 1.50. The highest BCUT2D eigenvalue weighted by Gasteiger charge is 2.01. The summed E-state index contributed by atoms with van der Waals surface area (Å²) < 4.78 is 13.1. The van der Waals surface area contributed by atoms with Crippen molar-refractivity contribution in [3.8, 4) is 0 Å². The summed E-state index contributed by atoms with van der Waals surface area (Å²) in [5.41, 5.74) is 1.61. The second-order valence-corrected chi connectivity index (χ2v) is 4.57. The van der Waals surface area contributed by atoms with Crippen molar-refractivity contribution in [1.82, 2.24) is 9.97 Å². The third-order valence-corrected chi connectivity index (χ3v) is 2.59. The van der Waals surface area contributed by atoms with Crippen molar-refractivity contribution >= 4 is 17.6 Å². The van der Waals surface area contributed by atoms with Crippen LogP contribution >= 0.6 is 0 Å². The molecule has 0 saturated heterocycles.